The van der Waals surface area contributed by atoms with Crippen molar-refractivity contribution in [2.45, 2.75) is 45.0 Å². The molecule has 0 aliphatic carbocycles. The second kappa shape index (κ2) is 4.80. The molecule has 1 aliphatic rings. The summed E-state index contributed by atoms with van der Waals surface area (Å²) in [5, 5.41) is 0. The summed E-state index contributed by atoms with van der Waals surface area (Å²) >= 11 is 0. The first-order chi connectivity index (χ1) is 5.72. The van der Waals surface area contributed by atoms with Gasteiger partial charge in [-0.3, -0.25) is 0 Å². The van der Waals surface area contributed by atoms with Gasteiger partial charge >= 0.3 is 0 Å². The molecule has 3 atom stereocenters. The van der Waals surface area contributed by atoms with Crippen LogP contribution >= 0.6 is 0 Å². The van der Waals surface area contributed by atoms with Gasteiger partial charge in [0, 0.05) is 6.54 Å². The van der Waals surface area contributed by atoms with Crippen LogP contribution in [0.1, 0.15) is 26.7 Å². The summed E-state index contributed by atoms with van der Waals surface area (Å²) in [5.41, 5.74) is 5.36. The summed E-state index contributed by atoms with van der Waals surface area (Å²) in [4.78, 5) is 0. The maximum absolute atomic E-state index is 5.59. The molecule has 1 rings (SSSR count). The van der Waals surface area contributed by atoms with Crippen LogP contribution in [0.15, 0.2) is 0 Å². The van der Waals surface area contributed by atoms with Gasteiger partial charge in [0.2, 0.25) is 0 Å². The summed E-state index contributed by atoms with van der Waals surface area (Å²) in [7, 11) is 0. The minimum Gasteiger partial charge on any atom is -0.377 e. The van der Waals surface area contributed by atoms with Gasteiger partial charge in [-0.05, 0) is 26.7 Å². The molecule has 0 saturated carbocycles. The lowest BCUT2D eigenvalue weighted by Crippen LogP contribution is -2.34. The lowest BCUT2D eigenvalue weighted by molar-refractivity contribution is -0.100. The average Bonchev–Trinajstić information content (AvgIpc) is 1.99. The number of hydrogen-bond donors (Lipinski definition) is 1. The number of rotatable bonds is 3. The van der Waals surface area contributed by atoms with Crippen LogP contribution in [0.25, 0.3) is 0 Å². The van der Waals surface area contributed by atoms with Crippen molar-refractivity contribution in [3.8, 4) is 0 Å². The van der Waals surface area contributed by atoms with Crippen LogP contribution in [0.5, 0.6) is 0 Å². The molecule has 0 aromatic heterocycles. The summed E-state index contributed by atoms with van der Waals surface area (Å²) in [6.07, 6.45) is 3.02. The first-order valence-corrected chi connectivity index (χ1v) is 4.69. The Hall–Kier alpha value is -0.120. The van der Waals surface area contributed by atoms with Crippen molar-refractivity contribution >= 4 is 0 Å². The van der Waals surface area contributed by atoms with Crippen molar-refractivity contribution in [2.24, 2.45) is 5.73 Å². The molecule has 1 unspecified atom stereocenters. The average molecular weight is 173 g/mol. The van der Waals surface area contributed by atoms with Gasteiger partial charge in [-0.2, -0.15) is 0 Å². The highest BCUT2D eigenvalue weighted by molar-refractivity contribution is 4.73. The Labute approximate surface area is 74.2 Å². The van der Waals surface area contributed by atoms with E-state index in [1.54, 1.807) is 0 Å². The zero-order valence-corrected chi connectivity index (χ0v) is 7.95. The minimum absolute atomic E-state index is 0.330. The van der Waals surface area contributed by atoms with Crippen molar-refractivity contribution in [1.82, 2.24) is 0 Å². The molecule has 0 bridgehead atoms. The third-order valence-electron chi connectivity index (χ3n) is 2.13. The Morgan fingerprint density at radius 3 is 2.42 bits per heavy atom. The van der Waals surface area contributed by atoms with E-state index in [4.69, 9.17) is 15.2 Å². The Bertz CT molecular complexity index is 120. The highest BCUT2D eigenvalue weighted by Crippen LogP contribution is 2.21. The first kappa shape index (κ1) is 9.96. The van der Waals surface area contributed by atoms with Crippen LogP contribution in [0.2, 0.25) is 0 Å². The molecule has 3 heteroatoms. The monoisotopic (exact) mass is 173 g/mol. The molecule has 0 aromatic carbocycles. The van der Waals surface area contributed by atoms with Gasteiger partial charge in [0.05, 0.1) is 24.9 Å². The van der Waals surface area contributed by atoms with Crippen LogP contribution in [-0.4, -0.2) is 31.5 Å². The standard InChI is InChI=1S/C9H19NO2/c1-7-5-9(11-4-3-10)6-8(2)12-7/h7-9H,3-6,10H2,1-2H3/t7-,8+,9?. The van der Waals surface area contributed by atoms with E-state index in [-0.39, 0.29) is 0 Å². The molecule has 1 fully saturated rings. The minimum atomic E-state index is 0.330. The first-order valence-electron chi connectivity index (χ1n) is 4.69. The van der Waals surface area contributed by atoms with Gasteiger partial charge in [0.25, 0.3) is 0 Å². The molecule has 72 valence electrons. The van der Waals surface area contributed by atoms with Crippen LogP contribution < -0.4 is 5.73 Å². The largest absolute Gasteiger partial charge is 0.377 e. The molecular weight excluding hydrogens is 154 g/mol. The molecule has 0 radical (unpaired) electrons. The Kier molecular flexibility index (Phi) is 3.98. The highest BCUT2D eigenvalue weighted by Gasteiger charge is 2.24. The van der Waals surface area contributed by atoms with Crippen LogP contribution in [-0.2, 0) is 9.47 Å². The molecule has 2 N–H and O–H groups in total. The van der Waals surface area contributed by atoms with Crippen molar-refractivity contribution < 1.29 is 9.47 Å². The Balaban J connectivity index is 2.24. The maximum atomic E-state index is 5.59. The number of hydrogen-bond acceptors (Lipinski definition) is 3. The molecule has 0 amide bonds. The Morgan fingerprint density at radius 2 is 1.92 bits per heavy atom. The summed E-state index contributed by atoms with van der Waals surface area (Å²) < 4.78 is 11.2. The van der Waals surface area contributed by atoms with Crippen molar-refractivity contribution in [3.05, 3.63) is 0 Å². The van der Waals surface area contributed by atoms with Crippen LogP contribution in [0, 0.1) is 0 Å². The molecule has 0 aromatic rings. The zero-order chi connectivity index (χ0) is 8.97. The second-order valence-corrected chi connectivity index (χ2v) is 3.51. The third-order valence-corrected chi connectivity index (χ3v) is 2.13. The van der Waals surface area contributed by atoms with Crippen LogP contribution in [0.3, 0.4) is 0 Å². The summed E-state index contributed by atoms with van der Waals surface area (Å²) in [5.74, 6) is 0. The van der Waals surface area contributed by atoms with E-state index in [0.29, 0.717) is 31.5 Å². The van der Waals surface area contributed by atoms with Crippen LogP contribution in [0.4, 0.5) is 0 Å². The van der Waals surface area contributed by atoms with Gasteiger partial charge in [0.15, 0.2) is 0 Å². The van der Waals surface area contributed by atoms with Gasteiger partial charge in [-0.25, -0.2) is 0 Å². The summed E-state index contributed by atoms with van der Waals surface area (Å²) in [6.45, 7) is 5.47. The number of nitrogens with two attached hydrogens (primary N) is 1. The van der Waals surface area contributed by atoms with E-state index in [1.807, 2.05) is 0 Å². The second-order valence-electron chi connectivity index (χ2n) is 3.51. The fourth-order valence-corrected chi connectivity index (χ4v) is 1.72. The summed E-state index contributed by atoms with van der Waals surface area (Å²) in [6, 6.07) is 0. The molecule has 12 heavy (non-hydrogen) atoms. The molecule has 1 saturated heterocycles. The quantitative estimate of drug-likeness (QED) is 0.690. The topological polar surface area (TPSA) is 44.5 Å². The van der Waals surface area contributed by atoms with E-state index in [1.165, 1.54) is 0 Å². The molecule has 1 heterocycles. The lowest BCUT2D eigenvalue weighted by atomic mass is 10.0. The molecule has 1 aliphatic heterocycles. The van der Waals surface area contributed by atoms with Gasteiger partial charge in [-0.1, -0.05) is 0 Å². The normalized spacial score (nSPS) is 36.8. The lowest BCUT2D eigenvalue weighted by Gasteiger charge is -2.31. The van der Waals surface area contributed by atoms with Gasteiger partial charge < -0.3 is 15.2 Å². The van der Waals surface area contributed by atoms with Crippen molar-refractivity contribution in [3.63, 3.8) is 0 Å². The third kappa shape index (κ3) is 3.09. The predicted molar refractivity (Wildman–Crippen MR) is 48.0 cm³/mol. The molecule has 0 spiro atoms. The fourth-order valence-electron chi connectivity index (χ4n) is 1.72. The van der Waals surface area contributed by atoms with E-state index in [0.717, 1.165) is 12.8 Å². The predicted octanol–water partition coefficient (Wildman–Crippen LogP) is 0.918. The smallest absolute Gasteiger partial charge is 0.0625 e. The van der Waals surface area contributed by atoms with E-state index >= 15 is 0 Å². The molecular formula is C9H19NO2. The van der Waals surface area contributed by atoms with Gasteiger partial charge in [0.1, 0.15) is 0 Å². The van der Waals surface area contributed by atoms with E-state index < -0.39 is 0 Å². The maximum Gasteiger partial charge on any atom is 0.0625 e. The van der Waals surface area contributed by atoms with Crippen molar-refractivity contribution in [2.75, 3.05) is 13.2 Å². The highest BCUT2D eigenvalue weighted by atomic mass is 16.5. The molecule has 3 nitrogen and oxygen atoms in total. The zero-order valence-electron chi connectivity index (χ0n) is 7.95. The van der Waals surface area contributed by atoms with E-state index in [2.05, 4.69) is 13.8 Å². The SMILES string of the molecule is C[C@@H]1CC(OCCN)C[C@H](C)O1. The number of ether oxygens (including phenoxy) is 2. The van der Waals surface area contributed by atoms with Crippen molar-refractivity contribution in [1.29, 1.82) is 0 Å². The fraction of sp³-hybridized carbons (Fsp3) is 1.00. The van der Waals surface area contributed by atoms with Gasteiger partial charge in [-0.15, -0.1) is 0 Å². The Morgan fingerprint density at radius 1 is 1.33 bits per heavy atom. The van der Waals surface area contributed by atoms with E-state index in [9.17, 15) is 0 Å².